The Kier molecular flexibility index (Phi) is 8.67. The third-order valence-electron chi connectivity index (χ3n) is 7.68. The number of carboxylic acid groups (broad SMARTS) is 1. The van der Waals surface area contributed by atoms with Gasteiger partial charge in [0.15, 0.2) is 6.10 Å². The molecule has 0 unspecified atom stereocenters. The lowest BCUT2D eigenvalue weighted by molar-refractivity contribution is -0.147. The Morgan fingerprint density at radius 3 is 2.27 bits per heavy atom. The number of hydrogen-bond donors (Lipinski definition) is 2. The third kappa shape index (κ3) is 6.22. The van der Waals surface area contributed by atoms with Gasteiger partial charge in [-0.05, 0) is 79.3 Å². The molecule has 4 aromatic rings. The highest BCUT2D eigenvalue weighted by Gasteiger charge is 2.23. The van der Waals surface area contributed by atoms with Gasteiger partial charge in [0, 0.05) is 34.6 Å². The van der Waals surface area contributed by atoms with E-state index in [1.807, 2.05) is 63.2 Å². The van der Waals surface area contributed by atoms with E-state index in [0.29, 0.717) is 23.8 Å². The number of ether oxygens (including phenoxy) is 1. The predicted molar refractivity (Wildman–Crippen MR) is 160 cm³/mol. The number of aryl methyl sites for hydroxylation is 1. The van der Waals surface area contributed by atoms with E-state index in [1.54, 1.807) is 6.07 Å². The van der Waals surface area contributed by atoms with Crippen LogP contribution >= 0.6 is 0 Å². The van der Waals surface area contributed by atoms with Crippen LogP contribution in [0, 0.1) is 19.8 Å². The molecule has 40 heavy (non-hydrogen) atoms. The largest absolute Gasteiger partial charge is 0.478 e. The van der Waals surface area contributed by atoms with Crippen molar-refractivity contribution in [2.24, 2.45) is 5.92 Å². The topological polar surface area (TPSA) is 80.6 Å². The standard InChI is InChI=1S/C34H40N2O4/c1-20(2)26-11-9-12-27(17-26)23(6)35-33(37)28-14-15-31-30(18-28)22(5)24(7)36(31)19-25-10-8-13-29(16-25)40-32(21(3)4)34(38)39/h8-18,20-21,23,32H,19H2,1-7H3,(H,35,37)(H,38,39)/t23-,32-/m0/s1. The van der Waals surface area contributed by atoms with Gasteiger partial charge in [-0.1, -0.05) is 64.1 Å². The molecule has 0 spiro atoms. The number of aromatic nitrogens is 1. The molecule has 1 aromatic heterocycles. The monoisotopic (exact) mass is 540 g/mol. The number of amides is 1. The quantitative estimate of drug-likeness (QED) is 0.219. The van der Waals surface area contributed by atoms with Crippen LogP contribution in [0.3, 0.4) is 0 Å². The number of nitrogens with one attached hydrogen (secondary N) is 1. The highest BCUT2D eigenvalue weighted by atomic mass is 16.5. The molecule has 1 amide bonds. The van der Waals surface area contributed by atoms with Gasteiger partial charge >= 0.3 is 5.97 Å². The van der Waals surface area contributed by atoms with Crippen molar-refractivity contribution in [1.29, 1.82) is 0 Å². The Morgan fingerprint density at radius 2 is 1.60 bits per heavy atom. The van der Waals surface area contributed by atoms with Crippen LogP contribution < -0.4 is 10.1 Å². The minimum absolute atomic E-state index is 0.0999. The first-order chi connectivity index (χ1) is 19.0. The van der Waals surface area contributed by atoms with Crippen molar-refractivity contribution in [3.8, 4) is 5.75 Å². The summed E-state index contributed by atoms with van der Waals surface area (Å²) >= 11 is 0. The fourth-order valence-electron chi connectivity index (χ4n) is 5.06. The number of rotatable bonds is 10. The molecule has 0 bridgehead atoms. The second-order valence-electron chi connectivity index (χ2n) is 11.3. The Bertz CT molecular complexity index is 1530. The van der Waals surface area contributed by atoms with Gasteiger partial charge in [-0.25, -0.2) is 4.79 Å². The first-order valence-corrected chi connectivity index (χ1v) is 13.9. The molecule has 0 saturated heterocycles. The number of aliphatic carboxylic acids is 1. The first-order valence-electron chi connectivity index (χ1n) is 13.9. The summed E-state index contributed by atoms with van der Waals surface area (Å²) in [6.07, 6.45) is -0.905. The van der Waals surface area contributed by atoms with Crippen LogP contribution in [0.1, 0.15) is 84.9 Å². The zero-order chi connectivity index (χ0) is 29.1. The number of benzene rings is 3. The summed E-state index contributed by atoms with van der Waals surface area (Å²) in [7, 11) is 0. The molecule has 2 atom stereocenters. The predicted octanol–water partition coefficient (Wildman–Crippen LogP) is 7.41. The second kappa shape index (κ2) is 12.0. The zero-order valence-corrected chi connectivity index (χ0v) is 24.5. The lowest BCUT2D eigenvalue weighted by Crippen LogP contribution is -2.32. The van der Waals surface area contributed by atoms with Gasteiger partial charge < -0.3 is 19.7 Å². The van der Waals surface area contributed by atoms with Crippen molar-refractivity contribution in [2.45, 2.75) is 73.1 Å². The highest BCUT2D eigenvalue weighted by Crippen LogP contribution is 2.29. The van der Waals surface area contributed by atoms with Gasteiger partial charge in [-0.3, -0.25) is 4.79 Å². The SMILES string of the molecule is Cc1c(C)n(Cc2cccc(O[C@H](C(=O)O)C(C)C)c2)c2ccc(C(=O)N[C@@H](C)c3cccc(C(C)C)c3)cc12. The molecule has 0 fully saturated rings. The molecule has 0 saturated carbocycles. The van der Waals surface area contributed by atoms with Gasteiger partial charge in [-0.2, -0.15) is 0 Å². The minimum atomic E-state index is -0.971. The maximum atomic E-state index is 13.2. The van der Waals surface area contributed by atoms with Gasteiger partial charge in [0.2, 0.25) is 0 Å². The summed E-state index contributed by atoms with van der Waals surface area (Å²) in [6, 6.07) is 21.7. The van der Waals surface area contributed by atoms with Gasteiger partial charge in [0.25, 0.3) is 5.91 Å². The third-order valence-corrected chi connectivity index (χ3v) is 7.68. The Morgan fingerprint density at radius 1 is 0.900 bits per heavy atom. The zero-order valence-electron chi connectivity index (χ0n) is 24.5. The summed E-state index contributed by atoms with van der Waals surface area (Å²) in [4.78, 5) is 24.8. The number of carboxylic acids is 1. The van der Waals surface area contributed by atoms with Gasteiger partial charge in [-0.15, -0.1) is 0 Å². The Balaban J connectivity index is 1.56. The van der Waals surface area contributed by atoms with Crippen molar-refractivity contribution in [2.75, 3.05) is 0 Å². The van der Waals surface area contributed by atoms with Crippen molar-refractivity contribution >= 4 is 22.8 Å². The number of hydrogen-bond acceptors (Lipinski definition) is 3. The van der Waals surface area contributed by atoms with E-state index in [1.165, 1.54) is 5.56 Å². The van der Waals surface area contributed by atoms with Crippen LogP contribution in [0.4, 0.5) is 0 Å². The van der Waals surface area contributed by atoms with Crippen molar-refractivity contribution < 1.29 is 19.4 Å². The lowest BCUT2D eigenvalue weighted by atomic mass is 9.98. The smallest absolute Gasteiger partial charge is 0.345 e. The van der Waals surface area contributed by atoms with Gasteiger partial charge in [0.05, 0.1) is 6.04 Å². The Labute approximate surface area is 237 Å². The van der Waals surface area contributed by atoms with Crippen molar-refractivity contribution in [3.63, 3.8) is 0 Å². The van der Waals surface area contributed by atoms with E-state index in [4.69, 9.17) is 4.74 Å². The summed E-state index contributed by atoms with van der Waals surface area (Å²) < 4.78 is 8.03. The molecule has 0 aliphatic carbocycles. The molecule has 1 heterocycles. The summed E-state index contributed by atoms with van der Waals surface area (Å²) in [5.41, 5.74) is 7.26. The molecule has 2 N–H and O–H groups in total. The molecule has 6 heteroatoms. The van der Waals surface area contributed by atoms with Crippen LogP contribution in [-0.2, 0) is 11.3 Å². The van der Waals surface area contributed by atoms with Crippen LogP contribution in [0.5, 0.6) is 5.75 Å². The number of nitrogens with zero attached hydrogens (tertiary/aromatic N) is 1. The van der Waals surface area contributed by atoms with E-state index < -0.39 is 12.1 Å². The fraction of sp³-hybridized carbons (Fsp3) is 0.353. The molecule has 210 valence electrons. The number of carbonyl (C=O) groups excluding carboxylic acids is 1. The molecular formula is C34H40N2O4. The molecule has 0 radical (unpaired) electrons. The highest BCUT2D eigenvalue weighted by molar-refractivity contribution is 5.99. The van der Waals surface area contributed by atoms with E-state index in [-0.39, 0.29) is 17.9 Å². The molecule has 0 aliphatic heterocycles. The van der Waals surface area contributed by atoms with Crippen LogP contribution in [0.25, 0.3) is 10.9 Å². The maximum absolute atomic E-state index is 13.2. The first kappa shape index (κ1) is 28.9. The van der Waals surface area contributed by atoms with Gasteiger partial charge in [0.1, 0.15) is 5.75 Å². The van der Waals surface area contributed by atoms with Crippen LogP contribution in [0.2, 0.25) is 0 Å². The van der Waals surface area contributed by atoms with E-state index in [9.17, 15) is 14.7 Å². The van der Waals surface area contributed by atoms with Crippen molar-refractivity contribution in [3.05, 3.63) is 100 Å². The lowest BCUT2D eigenvalue weighted by Gasteiger charge is -2.19. The van der Waals surface area contributed by atoms with Crippen LogP contribution in [-0.4, -0.2) is 27.7 Å². The molecule has 6 nitrogen and oxygen atoms in total. The molecule has 0 aliphatic rings. The number of carbonyl (C=O) groups is 2. The summed E-state index contributed by atoms with van der Waals surface area (Å²) in [5.74, 6) is -0.258. The molecular weight excluding hydrogens is 500 g/mol. The van der Waals surface area contributed by atoms with E-state index in [0.717, 1.165) is 33.3 Å². The minimum Gasteiger partial charge on any atom is -0.478 e. The second-order valence-corrected chi connectivity index (χ2v) is 11.3. The van der Waals surface area contributed by atoms with Crippen LogP contribution in [0.15, 0.2) is 66.7 Å². The fourth-order valence-corrected chi connectivity index (χ4v) is 5.06. The van der Waals surface area contributed by atoms with Crippen molar-refractivity contribution in [1.82, 2.24) is 9.88 Å². The average molecular weight is 541 g/mol. The van der Waals surface area contributed by atoms with E-state index >= 15 is 0 Å². The number of fused-ring (bicyclic) bond motifs is 1. The molecule has 3 aromatic carbocycles. The maximum Gasteiger partial charge on any atom is 0.345 e. The Hall–Kier alpha value is -4.06. The summed E-state index contributed by atoms with van der Waals surface area (Å²) in [5, 5.41) is 13.7. The molecule has 4 rings (SSSR count). The average Bonchev–Trinajstić information content (AvgIpc) is 3.15. The van der Waals surface area contributed by atoms with E-state index in [2.05, 4.69) is 55.8 Å². The summed E-state index contributed by atoms with van der Waals surface area (Å²) in [6.45, 7) is 14.8. The normalized spacial score (nSPS) is 13.0.